The molecule has 104 valence electrons. The molecule has 4 fully saturated rings. The van der Waals surface area contributed by atoms with Gasteiger partial charge in [0.1, 0.15) is 5.72 Å². The fourth-order valence-corrected chi connectivity index (χ4v) is 5.44. The maximum absolute atomic E-state index is 12.9. The first kappa shape index (κ1) is 11.3. The molecule has 0 spiro atoms. The van der Waals surface area contributed by atoms with Crippen LogP contribution < -0.4 is 4.90 Å². The summed E-state index contributed by atoms with van der Waals surface area (Å²) in [5.74, 6) is 0.765. The van der Waals surface area contributed by atoms with Crippen LogP contribution in [-0.4, -0.2) is 28.9 Å². The Morgan fingerprint density at radius 2 is 2.05 bits per heavy atom. The van der Waals surface area contributed by atoms with Crippen molar-refractivity contribution in [2.24, 2.45) is 23.7 Å². The van der Waals surface area contributed by atoms with Crippen molar-refractivity contribution in [3.63, 3.8) is 0 Å². The Morgan fingerprint density at radius 1 is 1.30 bits per heavy atom. The Kier molecular flexibility index (Phi) is 1.84. The van der Waals surface area contributed by atoms with Gasteiger partial charge in [0.25, 0.3) is 0 Å². The van der Waals surface area contributed by atoms with E-state index in [9.17, 15) is 9.90 Å². The number of rotatable bonds is 1. The number of benzene rings is 1. The molecule has 2 saturated carbocycles. The van der Waals surface area contributed by atoms with Crippen molar-refractivity contribution >= 4 is 11.6 Å². The van der Waals surface area contributed by atoms with Crippen LogP contribution in [0.3, 0.4) is 0 Å². The fourth-order valence-electron chi connectivity index (χ4n) is 5.44. The van der Waals surface area contributed by atoms with E-state index in [4.69, 9.17) is 4.74 Å². The first-order chi connectivity index (χ1) is 9.63. The van der Waals surface area contributed by atoms with Crippen LogP contribution >= 0.6 is 0 Å². The highest BCUT2D eigenvalue weighted by Gasteiger charge is 2.77. The summed E-state index contributed by atoms with van der Waals surface area (Å²) in [4.78, 5) is 14.7. The van der Waals surface area contributed by atoms with Crippen LogP contribution in [0.1, 0.15) is 13.3 Å². The molecule has 2 saturated heterocycles. The first-order valence-corrected chi connectivity index (χ1v) is 7.38. The van der Waals surface area contributed by atoms with Crippen molar-refractivity contribution in [1.29, 1.82) is 0 Å². The molecular weight excluding hydrogens is 254 g/mol. The second kappa shape index (κ2) is 3.26. The van der Waals surface area contributed by atoms with E-state index < -0.39 is 11.8 Å². The lowest BCUT2D eigenvalue weighted by Crippen LogP contribution is -2.49. The van der Waals surface area contributed by atoms with Crippen LogP contribution in [0, 0.1) is 23.7 Å². The predicted molar refractivity (Wildman–Crippen MR) is 71.8 cm³/mol. The molecule has 1 aromatic rings. The van der Waals surface area contributed by atoms with Gasteiger partial charge in [-0.15, -0.1) is 0 Å². The normalized spacial score (nSPS) is 51.3. The molecule has 0 radical (unpaired) electrons. The lowest BCUT2D eigenvalue weighted by Gasteiger charge is -2.36. The minimum absolute atomic E-state index is 0.0565. The highest BCUT2D eigenvalue weighted by Crippen LogP contribution is 2.67. The quantitative estimate of drug-likeness (QED) is 0.839. The van der Waals surface area contributed by atoms with Crippen molar-refractivity contribution in [3.05, 3.63) is 30.3 Å². The van der Waals surface area contributed by atoms with Crippen molar-refractivity contribution in [1.82, 2.24) is 0 Å². The topological polar surface area (TPSA) is 49.8 Å². The summed E-state index contributed by atoms with van der Waals surface area (Å²) < 4.78 is 6.22. The molecule has 20 heavy (non-hydrogen) atoms. The third kappa shape index (κ3) is 1.00. The van der Waals surface area contributed by atoms with Gasteiger partial charge >= 0.3 is 0 Å². The number of aliphatic hydroxyl groups excluding tert-OH is 1. The van der Waals surface area contributed by atoms with Crippen LogP contribution in [0.5, 0.6) is 0 Å². The molecule has 2 aliphatic carbocycles. The van der Waals surface area contributed by atoms with E-state index in [2.05, 4.69) is 0 Å². The molecule has 0 aromatic heterocycles. The van der Waals surface area contributed by atoms with E-state index >= 15 is 0 Å². The summed E-state index contributed by atoms with van der Waals surface area (Å²) in [6, 6.07) is 9.77. The Bertz CT molecular complexity index is 603. The van der Waals surface area contributed by atoms with Gasteiger partial charge in [-0.1, -0.05) is 18.2 Å². The van der Waals surface area contributed by atoms with Gasteiger partial charge in [0.15, 0.2) is 0 Å². The summed E-state index contributed by atoms with van der Waals surface area (Å²) in [6.45, 7) is 2.02. The molecule has 1 N–H and O–H groups in total. The highest BCUT2D eigenvalue weighted by molar-refractivity contribution is 6.00. The molecule has 1 aromatic carbocycles. The number of amides is 1. The average molecular weight is 271 g/mol. The number of nitrogens with zero attached hydrogens (tertiary/aromatic N) is 1. The number of carbonyl (C=O) groups is 1. The lowest BCUT2D eigenvalue weighted by molar-refractivity contribution is -0.131. The summed E-state index contributed by atoms with van der Waals surface area (Å²) in [5.41, 5.74) is 0.328. The van der Waals surface area contributed by atoms with E-state index in [1.807, 2.05) is 42.2 Å². The SMILES string of the molecule is C[C@]12O[C@@H]3[C@H](O)[C@H]4C[C@H]3[C@@H]1[C@@H]4C(=O)N2c1ccccc1. The number of para-hydroxylation sites is 1. The van der Waals surface area contributed by atoms with Crippen molar-refractivity contribution in [2.45, 2.75) is 31.3 Å². The summed E-state index contributed by atoms with van der Waals surface area (Å²) in [6.07, 6.45) is 0.418. The minimum atomic E-state index is -0.579. The molecule has 4 heteroatoms. The lowest BCUT2D eigenvalue weighted by atomic mass is 9.77. The predicted octanol–water partition coefficient (Wildman–Crippen LogP) is 1.39. The van der Waals surface area contributed by atoms with E-state index in [0.29, 0.717) is 5.92 Å². The molecule has 0 unspecified atom stereocenters. The number of hydrogen-bond acceptors (Lipinski definition) is 3. The van der Waals surface area contributed by atoms with Crippen LogP contribution in [-0.2, 0) is 9.53 Å². The second-order valence-electron chi connectivity index (χ2n) is 6.75. The number of hydrogen-bond donors (Lipinski definition) is 1. The van der Waals surface area contributed by atoms with Gasteiger partial charge in [0, 0.05) is 11.6 Å². The van der Waals surface area contributed by atoms with Crippen LogP contribution in [0.4, 0.5) is 5.69 Å². The maximum Gasteiger partial charge on any atom is 0.233 e. The van der Waals surface area contributed by atoms with Gasteiger partial charge in [0.2, 0.25) is 5.91 Å². The Morgan fingerprint density at radius 3 is 2.80 bits per heavy atom. The van der Waals surface area contributed by atoms with Crippen LogP contribution in [0.15, 0.2) is 30.3 Å². The Balaban J connectivity index is 1.67. The number of ether oxygens (including phenoxy) is 1. The van der Waals surface area contributed by atoms with Crippen LogP contribution in [0.25, 0.3) is 0 Å². The van der Waals surface area contributed by atoms with Gasteiger partial charge in [-0.3, -0.25) is 9.69 Å². The zero-order valence-corrected chi connectivity index (χ0v) is 11.3. The summed E-state index contributed by atoms with van der Waals surface area (Å²) >= 11 is 0. The number of aliphatic hydroxyl groups is 1. The van der Waals surface area contributed by atoms with Crippen molar-refractivity contribution < 1.29 is 14.6 Å². The summed E-state index contributed by atoms with van der Waals surface area (Å²) in [5, 5.41) is 10.3. The summed E-state index contributed by atoms with van der Waals surface area (Å²) in [7, 11) is 0. The fraction of sp³-hybridized carbons (Fsp3) is 0.562. The van der Waals surface area contributed by atoms with E-state index in [1.165, 1.54) is 0 Å². The molecule has 2 bridgehead atoms. The van der Waals surface area contributed by atoms with E-state index in [0.717, 1.165) is 12.1 Å². The molecule has 4 aliphatic rings. The standard InChI is InChI=1S/C16H17NO3/c1-16-12-10-7-9(13(18)14(10)20-16)11(12)15(19)17(16)8-5-3-2-4-6-8/h2-6,9-14,18H,7H2,1H3/t9-,10-,11+,12+,13+,14-,16-/m0/s1. The number of carbonyl (C=O) groups excluding carboxylic acids is 1. The third-order valence-corrected chi connectivity index (χ3v) is 6.01. The zero-order chi connectivity index (χ0) is 13.6. The van der Waals surface area contributed by atoms with Gasteiger partial charge in [-0.25, -0.2) is 0 Å². The highest BCUT2D eigenvalue weighted by atomic mass is 16.6. The molecule has 1 amide bonds. The maximum atomic E-state index is 12.9. The monoisotopic (exact) mass is 271 g/mol. The Labute approximate surface area is 117 Å². The van der Waals surface area contributed by atoms with Gasteiger partial charge < -0.3 is 9.84 Å². The molecular formula is C16H17NO3. The average Bonchev–Trinajstić information content (AvgIpc) is 3.08. The minimum Gasteiger partial charge on any atom is -0.390 e. The largest absolute Gasteiger partial charge is 0.390 e. The smallest absolute Gasteiger partial charge is 0.233 e. The molecule has 2 heterocycles. The number of anilines is 1. The van der Waals surface area contributed by atoms with Gasteiger partial charge in [-0.2, -0.15) is 0 Å². The van der Waals surface area contributed by atoms with Gasteiger partial charge in [-0.05, 0) is 37.3 Å². The van der Waals surface area contributed by atoms with E-state index in [1.54, 1.807) is 0 Å². The van der Waals surface area contributed by atoms with Gasteiger partial charge in [0.05, 0.1) is 18.1 Å². The molecule has 2 aliphatic heterocycles. The van der Waals surface area contributed by atoms with E-state index in [-0.39, 0.29) is 29.8 Å². The number of fused-ring (bicyclic) bond motifs is 2. The second-order valence-corrected chi connectivity index (χ2v) is 6.75. The van der Waals surface area contributed by atoms with Crippen LogP contribution in [0.2, 0.25) is 0 Å². The molecule has 7 atom stereocenters. The first-order valence-electron chi connectivity index (χ1n) is 7.38. The molecule has 5 rings (SSSR count). The van der Waals surface area contributed by atoms with Crippen molar-refractivity contribution in [2.75, 3.05) is 4.90 Å². The molecule has 4 nitrogen and oxygen atoms in total. The zero-order valence-electron chi connectivity index (χ0n) is 11.3. The van der Waals surface area contributed by atoms with Crippen molar-refractivity contribution in [3.8, 4) is 0 Å². The Hall–Kier alpha value is -1.39. The third-order valence-electron chi connectivity index (χ3n) is 6.01.